The lowest BCUT2D eigenvalue weighted by Crippen LogP contribution is -2.13. The Kier molecular flexibility index (Phi) is 4.95. The number of benzene rings is 2. The van der Waals surface area contributed by atoms with Crippen molar-refractivity contribution in [2.75, 3.05) is 10.6 Å². The second-order valence-corrected chi connectivity index (χ2v) is 5.84. The lowest BCUT2D eigenvalue weighted by Gasteiger charge is -2.08. The van der Waals surface area contributed by atoms with Crippen molar-refractivity contribution in [1.82, 2.24) is 0 Å². The third kappa shape index (κ3) is 4.29. The number of hydrogen-bond donors (Lipinski definition) is 2. The predicted octanol–water partition coefficient (Wildman–Crippen LogP) is 3.81. The Labute approximate surface area is 137 Å². The van der Waals surface area contributed by atoms with Gasteiger partial charge in [0.15, 0.2) is 0 Å². The van der Waals surface area contributed by atoms with E-state index < -0.39 is 0 Å². The summed E-state index contributed by atoms with van der Waals surface area (Å²) in [7, 11) is 0. The summed E-state index contributed by atoms with van der Waals surface area (Å²) in [6.45, 7) is 3.44. The van der Waals surface area contributed by atoms with Crippen LogP contribution in [0.5, 0.6) is 0 Å². The first-order valence-corrected chi connectivity index (χ1v) is 7.49. The summed E-state index contributed by atoms with van der Waals surface area (Å²) in [5.41, 5.74) is 3.04. The zero-order valence-electron chi connectivity index (χ0n) is 11.7. The van der Waals surface area contributed by atoms with E-state index in [0.717, 1.165) is 9.13 Å². The molecule has 0 spiro atoms. The molecule has 0 aromatic heterocycles. The molecule has 0 bridgehead atoms. The molecule has 0 heterocycles. The summed E-state index contributed by atoms with van der Waals surface area (Å²) < 4.78 is 1.05. The molecule has 2 aromatic carbocycles. The largest absolute Gasteiger partial charge is 0.326 e. The summed E-state index contributed by atoms with van der Waals surface area (Å²) in [5, 5.41) is 5.51. The molecule has 0 fully saturated rings. The predicted molar refractivity (Wildman–Crippen MR) is 92.6 cm³/mol. The van der Waals surface area contributed by atoms with Gasteiger partial charge in [-0.2, -0.15) is 0 Å². The van der Waals surface area contributed by atoms with Crippen LogP contribution < -0.4 is 10.6 Å². The minimum Gasteiger partial charge on any atom is -0.326 e. The molecule has 0 aliphatic carbocycles. The van der Waals surface area contributed by atoms with Gasteiger partial charge in [-0.1, -0.05) is 12.1 Å². The summed E-state index contributed by atoms with van der Waals surface area (Å²) in [4.78, 5) is 23.2. The van der Waals surface area contributed by atoms with Gasteiger partial charge in [0.2, 0.25) is 5.91 Å². The topological polar surface area (TPSA) is 58.2 Å². The first-order chi connectivity index (χ1) is 9.95. The lowest BCUT2D eigenvalue weighted by atomic mass is 10.1. The van der Waals surface area contributed by atoms with Gasteiger partial charge in [-0.25, -0.2) is 0 Å². The van der Waals surface area contributed by atoms with Gasteiger partial charge in [-0.15, -0.1) is 0 Å². The number of carbonyl (C=O) groups is 2. The van der Waals surface area contributed by atoms with Crippen molar-refractivity contribution in [3.63, 3.8) is 0 Å². The van der Waals surface area contributed by atoms with Crippen molar-refractivity contribution in [3.05, 3.63) is 57.2 Å². The molecule has 0 atom stereocenters. The fourth-order valence-electron chi connectivity index (χ4n) is 1.82. The fourth-order valence-corrected chi connectivity index (χ4v) is 2.33. The highest BCUT2D eigenvalue weighted by molar-refractivity contribution is 14.1. The molecule has 0 aliphatic rings. The molecule has 2 amide bonds. The Bertz CT molecular complexity index is 698. The van der Waals surface area contributed by atoms with E-state index in [1.807, 2.05) is 19.1 Å². The highest BCUT2D eigenvalue weighted by atomic mass is 127. The Balaban J connectivity index is 2.15. The van der Waals surface area contributed by atoms with Gasteiger partial charge in [-0.3, -0.25) is 9.59 Å². The Hall–Kier alpha value is -1.89. The maximum atomic E-state index is 12.2. The molecule has 2 rings (SSSR count). The number of hydrogen-bond acceptors (Lipinski definition) is 2. The maximum absolute atomic E-state index is 12.2. The second kappa shape index (κ2) is 6.71. The van der Waals surface area contributed by atoms with Crippen LogP contribution in [0, 0.1) is 10.5 Å². The van der Waals surface area contributed by atoms with E-state index in [0.29, 0.717) is 16.9 Å². The second-order valence-electron chi connectivity index (χ2n) is 4.68. The average Bonchev–Trinajstić information content (AvgIpc) is 2.41. The van der Waals surface area contributed by atoms with Crippen LogP contribution in [-0.2, 0) is 4.79 Å². The van der Waals surface area contributed by atoms with Crippen molar-refractivity contribution < 1.29 is 9.59 Å². The number of carbonyl (C=O) groups excluding carboxylic acids is 2. The van der Waals surface area contributed by atoms with Gasteiger partial charge in [0.05, 0.1) is 0 Å². The van der Waals surface area contributed by atoms with E-state index >= 15 is 0 Å². The molecule has 0 aliphatic heterocycles. The third-order valence-corrected chi connectivity index (χ3v) is 4.04. The summed E-state index contributed by atoms with van der Waals surface area (Å²) in [5.74, 6) is -0.320. The van der Waals surface area contributed by atoms with Crippen molar-refractivity contribution in [2.24, 2.45) is 0 Å². The van der Waals surface area contributed by atoms with Crippen LogP contribution in [0.2, 0.25) is 0 Å². The van der Waals surface area contributed by atoms with Crippen molar-refractivity contribution in [1.29, 1.82) is 0 Å². The minimum absolute atomic E-state index is 0.147. The van der Waals surface area contributed by atoms with E-state index in [-0.39, 0.29) is 11.8 Å². The maximum Gasteiger partial charge on any atom is 0.255 e. The van der Waals surface area contributed by atoms with Crippen LogP contribution in [-0.4, -0.2) is 11.8 Å². The quantitative estimate of drug-likeness (QED) is 0.778. The van der Waals surface area contributed by atoms with Gasteiger partial charge in [-0.05, 0) is 65.4 Å². The number of anilines is 2. The molecule has 108 valence electrons. The highest BCUT2D eigenvalue weighted by Gasteiger charge is 2.08. The van der Waals surface area contributed by atoms with Crippen LogP contribution in [0.3, 0.4) is 0 Å². The molecular formula is C16H15IN2O2. The van der Waals surface area contributed by atoms with Gasteiger partial charge < -0.3 is 10.6 Å². The lowest BCUT2D eigenvalue weighted by molar-refractivity contribution is -0.114. The van der Waals surface area contributed by atoms with Crippen LogP contribution in [0.15, 0.2) is 42.5 Å². The molecule has 0 saturated heterocycles. The normalized spacial score (nSPS) is 10.0. The van der Waals surface area contributed by atoms with Crippen LogP contribution in [0.4, 0.5) is 11.4 Å². The molecule has 2 aromatic rings. The molecule has 21 heavy (non-hydrogen) atoms. The molecular weight excluding hydrogens is 379 g/mol. The number of aryl methyl sites for hydroxylation is 1. The third-order valence-electron chi connectivity index (χ3n) is 2.87. The molecule has 4 nitrogen and oxygen atoms in total. The van der Waals surface area contributed by atoms with E-state index in [2.05, 4.69) is 33.2 Å². The standard InChI is InChI=1S/C16H15IN2O2/c1-10-6-7-12(8-15(10)17)16(21)19-14-5-3-4-13(9-14)18-11(2)20/h3-9H,1-2H3,(H,18,20)(H,19,21). The average molecular weight is 394 g/mol. The van der Waals surface area contributed by atoms with E-state index in [9.17, 15) is 9.59 Å². The number of nitrogens with one attached hydrogen (secondary N) is 2. The zero-order chi connectivity index (χ0) is 15.4. The molecule has 0 unspecified atom stereocenters. The van der Waals surface area contributed by atoms with Gasteiger partial charge >= 0.3 is 0 Å². The SMILES string of the molecule is CC(=O)Nc1cccc(NC(=O)c2ccc(C)c(I)c2)c1. The molecule has 2 N–H and O–H groups in total. The first kappa shape index (κ1) is 15.5. The molecule has 0 radical (unpaired) electrons. The summed E-state index contributed by atoms with van der Waals surface area (Å²) >= 11 is 2.21. The molecule has 0 saturated carbocycles. The van der Waals surface area contributed by atoms with Crippen LogP contribution in [0.1, 0.15) is 22.8 Å². The summed E-state index contributed by atoms with van der Waals surface area (Å²) in [6.07, 6.45) is 0. The van der Waals surface area contributed by atoms with Gasteiger partial charge in [0.25, 0.3) is 5.91 Å². The fraction of sp³-hybridized carbons (Fsp3) is 0.125. The summed E-state index contributed by atoms with van der Waals surface area (Å²) in [6, 6.07) is 12.6. The van der Waals surface area contributed by atoms with Crippen molar-refractivity contribution >= 4 is 45.8 Å². The van der Waals surface area contributed by atoms with E-state index in [4.69, 9.17) is 0 Å². The van der Waals surface area contributed by atoms with E-state index in [1.165, 1.54) is 6.92 Å². The van der Waals surface area contributed by atoms with Crippen molar-refractivity contribution in [2.45, 2.75) is 13.8 Å². The minimum atomic E-state index is -0.173. The smallest absolute Gasteiger partial charge is 0.255 e. The van der Waals surface area contributed by atoms with Crippen LogP contribution in [0.25, 0.3) is 0 Å². The van der Waals surface area contributed by atoms with Gasteiger partial charge in [0.1, 0.15) is 0 Å². The number of rotatable bonds is 3. The van der Waals surface area contributed by atoms with E-state index in [1.54, 1.807) is 30.3 Å². The first-order valence-electron chi connectivity index (χ1n) is 6.41. The molecule has 5 heteroatoms. The Morgan fingerprint density at radius 3 is 2.29 bits per heavy atom. The number of amides is 2. The van der Waals surface area contributed by atoms with Gasteiger partial charge in [0, 0.05) is 27.4 Å². The zero-order valence-corrected chi connectivity index (χ0v) is 13.9. The number of halogens is 1. The van der Waals surface area contributed by atoms with Crippen LogP contribution >= 0.6 is 22.6 Å². The highest BCUT2D eigenvalue weighted by Crippen LogP contribution is 2.18. The monoisotopic (exact) mass is 394 g/mol. The Morgan fingerprint density at radius 2 is 1.67 bits per heavy atom. The Morgan fingerprint density at radius 1 is 1.00 bits per heavy atom. The van der Waals surface area contributed by atoms with Crippen molar-refractivity contribution in [3.8, 4) is 0 Å².